The molecule has 1 aromatic heterocycles. The first kappa shape index (κ1) is 10.9. The summed E-state index contributed by atoms with van der Waals surface area (Å²) in [4.78, 5) is 12.1. The van der Waals surface area contributed by atoms with Crippen LogP contribution in [0.3, 0.4) is 0 Å². The summed E-state index contributed by atoms with van der Waals surface area (Å²) in [5, 5.41) is 2.05. The van der Waals surface area contributed by atoms with Crippen LogP contribution in [0.25, 0.3) is 10.4 Å². The van der Waals surface area contributed by atoms with Gasteiger partial charge in [0.25, 0.3) is 0 Å². The first-order valence-electron chi connectivity index (χ1n) is 4.94. The molecule has 1 heterocycles. The topological polar surface area (TPSA) is 26.3 Å². The summed E-state index contributed by atoms with van der Waals surface area (Å²) in [6.07, 6.45) is 0.825. The van der Waals surface area contributed by atoms with Crippen LogP contribution >= 0.6 is 11.3 Å². The summed E-state index contributed by atoms with van der Waals surface area (Å²) in [5.74, 6) is 0.618. The molecule has 0 saturated carbocycles. The van der Waals surface area contributed by atoms with Gasteiger partial charge in [0.1, 0.15) is 5.75 Å². The second-order valence-corrected chi connectivity index (χ2v) is 4.42. The Hall–Kier alpha value is -1.61. The van der Waals surface area contributed by atoms with Crippen LogP contribution in [0.5, 0.6) is 5.75 Å². The van der Waals surface area contributed by atoms with Crippen molar-refractivity contribution in [2.75, 3.05) is 7.11 Å². The van der Waals surface area contributed by atoms with Gasteiger partial charge in [0, 0.05) is 4.88 Å². The minimum atomic E-state index is 0.591. The average molecular weight is 232 g/mol. The largest absolute Gasteiger partial charge is 0.496 e. The van der Waals surface area contributed by atoms with Crippen molar-refractivity contribution in [1.82, 2.24) is 0 Å². The average Bonchev–Trinajstić information content (AvgIpc) is 2.74. The molecule has 0 atom stereocenters. The van der Waals surface area contributed by atoms with E-state index in [1.807, 2.05) is 18.2 Å². The molecular formula is C13H12O2S. The number of aldehydes is 1. The summed E-state index contributed by atoms with van der Waals surface area (Å²) in [6.45, 7) is 2.07. The molecule has 0 N–H and O–H groups in total. The van der Waals surface area contributed by atoms with Crippen molar-refractivity contribution < 1.29 is 9.53 Å². The number of hydrogen-bond acceptors (Lipinski definition) is 3. The van der Waals surface area contributed by atoms with Gasteiger partial charge in [-0.2, -0.15) is 0 Å². The van der Waals surface area contributed by atoms with E-state index in [0.29, 0.717) is 11.3 Å². The number of benzene rings is 1. The van der Waals surface area contributed by atoms with Gasteiger partial charge in [-0.15, -0.1) is 11.3 Å². The van der Waals surface area contributed by atoms with Gasteiger partial charge in [0.2, 0.25) is 0 Å². The maximum atomic E-state index is 10.9. The number of hydrogen-bond donors (Lipinski definition) is 0. The number of methoxy groups -OCH3 is 1. The van der Waals surface area contributed by atoms with Crippen molar-refractivity contribution in [2.24, 2.45) is 0 Å². The molecule has 0 radical (unpaired) electrons. The van der Waals surface area contributed by atoms with Crippen LogP contribution in [-0.2, 0) is 0 Å². The van der Waals surface area contributed by atoms with Crippen molar-refractivity contribution >= 4 is 17.6 Å². The molecule has 0 aliphatic rings. The zero-order valence-corrected chi connectivity index (χ0v) is 10.0. The third kappa shape index (κ3) is 1.86. The van der Waals surface area contributed by atoms with E-state index >= 15 is 0 Å². The van der Waals surface area contributed by atoms with Gasteiger partial charge in [-0.1, -0.05) is 0 Å². The van der Waals surface area contributed by atoms with Crippen LogP contribution in [0.2, 0.25) is 0 Å². The van der Waals surface area contributed by atoms with E-state index in [1.165, 1.54) is 10.4 Å². The lowest BCUT2D eigenvalue weighted by molar-refractivity contribution is 0.112. The molecule has 3 heteroatoms. The number of aryl methyl sites for hydroxylation is 1. The molecule has 0 amide bonds. The summed E-state index contributed by atoms with van der Waals surface area (Å²) in [7, 11) is 1.57. The van der Waals surface area contributed by atoms with Crippen molar-refractivity contribution in [3.63, 3.8) is 0 Å². The van der Waals surface area contributed by atoms with E-state index in [4.69, 9.17) is 4.74 Å². The number of carbonyl (C=O) groups excluding carboxylic acids is 1. The van der Waals surface area contributed by atoms with Gasteiger partial charge >= 0.3 is 0 Å². The Morgan fingerprint density at radius 2 is 2.12 bits per heavy atom. The van der Waals surface area contributed by atoms with Crippen molar-refractivity contribution in [3.8, 4) is 16.2 Å². The van der Waals surface area contributed by atoms with Gasteiger partial charge in [0.15, 0.2) is 6.29 Å². The summed E-state index contributed by atoms with van der Waals surface area (Å²) >= 11 is 1.68. The van der Waals surface area contributed by atoms with Gasteiger partial charge in [-0.25, -0.2) is 0 Å². The van der Waals surface area contributed by atoms with E-state index in [2.05, 4.69) is 18.4 Å². The molecule has 0 bridgehead atoms. The third-order valence-corrected chi connectivity index (χ3v) is 3.55. The summed E-state index contributed by atoms with van der Waals surface area (Å²) < 4.78 is 5.11. The van der Waals surface area contributed by atoms with E-state index in [-0.39, 0.29) is 0 Å². The van der Waals surface area contributed by atoms with Gasteiger partial charge < -0.3 is 4.74 Å². The molecule has 82 valence electrons. The van der Waals surface area contributed by atoms with Gasteiger partial charge in [-0.05, 0) is 47.7 Å². The van der Waals surface area contributed by atoms with Crippen LogP contribution in [0, 0.1) is 6.92 Å². The SMILES string of the molecule is COc1ccc(-c2sccc2C)cc1C=O. The highest BCUT2D eigenvalue weighted by Crippen LogP contribution is 2.31. The van der Waals surface area contributed by atoms with Crippen LogP contribution in [-0.4, -0.2) is 13.4 Å². The summed E-state index contributed by atoms with van der Waals surface area (Å²) in [6, 6.07) is 7.75. The normalized spacial score (nSPS) is 10.1. The van der Waals surface area contributed by atoms with Crippen molar-refractivity contribution in [3.05, 3.63) is 40.8 Å². The standard InChI is InChI=1S/C13H12O2S/c1-9-5-6-16-13(9)10-3-4-12(15-2)11(7-10)8-14/h3-8H,1-2H3. The molecule has 0 saturated heterocycles. The fourth-order valence-corrected chi connectivity index (χ4v) is 2.56. The Bertz CT molecular complexity index is 514. The number of carbonyl (C=O) groups is 1. The lowest BCUT2D eigenvalue weighted by atomic mass is 10.1. The molecule has 2 nitrogen and oxygen atoms in total. The Morgan fingerprint density at radius 1 is 1.31 bits per heavy atom. The van der Waals surface area contributed by atoms with Crippen LogP contribution in [0.4, 0.5) is 0 Å². The van der Waals surface area contributed by atoms with Crippen LogP contribution in [0.15, 0.2) is 29.6 Å². The van der Waals surface area contributed by atoms with Crippen LogP contribution < -0.4 is 4.74 Å². The minimum absolute atomic E-state index is 0.591. The zero-order chi connectivity index (χ0) is 11.5. The molecule has 1 aromatic carbocycles. The van der Waals surface area contributed by atoms with Crippen molar-refractivity contribution in [1.29, 1.82) is 0 Å². The van der Waals surface area contributed by atoms with E-state index in [1.54, 1.807) is 18.4 Å². The lowest BCUT2D eigenvalue weighted by Gasteiger charge is -2.06. The third-order valence-electron chi connectivity index (χ3n) is 2.48. The lowest BCUT2D eigenvalue weighted by Crippen LogP contribution is -1.90. The Kier molecular flexibility index (Phi) is 3.06. The second kappa shape index (κ2) is 4.49. The van der Waals surface area contributed by atoms with Gasteiger partial charge in [0.05, 0.1) is 12.7 Å². The molecule has 2 rings (SSSR count). The molecule has 0 fully saturated rings. The number of ether oxygens (including phenoxy) is 1. The molecule has 0 aliphatic carbocycles. The molecule has 16 heavy (non-hydrogen) atoms. The Labute approximate surface area is 98.5 Å². The molecule has 0 aliphatic heterocycles. The molecular weight excluding hydrogens is 220 g/mol. The molecule has 2 aromatic rings. The summed E-state index contributed by atoms with van der Waals surface area (Å²) in [5.41, 5.74) is 2.88. The quantitative estimate of drug-likeness (QED) is 0.756. The number of thiophene rings is 1. The monoisotopic (exact) mass is 232 g/mol. The Morgan fingerprint density at radius 3 is 2.69 bits per heavy atom. The van der Waals surface area contributed by atoms with E-state index in [9.17, 15) is 4.79 Å². The first-order valence-corrected chi connectivity index (χ1v) is 5.82. The Balaban J connectivity index is 2.52. The predicted molar refractivity (Wildman–Crippen MR) is 66.4 cm³/mol. The molecule has 0 spiro atoms. The number of rotatable bonds is 3. The predicted octanol–water partition coefficient (Wildman–Crippen LogP) is 3.54. The fourth-order valence-electron chi connectivity index (χ4n) is 1.64. The highest BCUT2D eigenvalue weighted by Gasteiger charge is 2.07. The maximum Gasteiger partial charge on any atom is 0.153 e. The van der Waals surface area contributed by atoms with Gasteiger partial charge in [-0.3, -0.25) is 4.79 Å². The van der Waals surface area contributed by atoms with E-state index < -0.39 is 0 Å². The zero-order valence-electron chi connectivity index (χ0n) is 9.19. The van der Waals surface area contributed by atoms with Crippen molar-refractivity contribution in [2.45, 2.75) is 6.92 Å². The van der Waals surface area contributed by atoms with E-state index in [0.717, 1.165) is 11.8 Å². The second-order valence-electron chi connectivity index (χ2n) is 3.51. The smallest absolute Gasteiger partial charge is 0.153 e. The molecule has 0 unspecified atom stereocenters. The highest BCUT2D eigenvalue weighted by molar-refractivity contribution is 7.13. The first-order chi connectivity index (χ1) is 7.76. The highest BCUT2D eigenvalue weighted by atomic mass is 32.1. The fraction of sp³-hybridized carbons (Fsp3) is 0.154. The minimum Gasteiger partial charge on any atom is -0.496 e. The maximum absolute atomic E-state index is 10.9. The van der Waals surface area contributed by atoms with Crippen LogP contribution in [0.1, 0.15) is 15.9 Å².